The van der Waals surface area contributed by atoms with Crippen molar-refractivity contribution in [3.63, 3.8) is 0 Å². The van der Waals surface area contributed by atoms with E-state index < -0.39 is 27.5 Å². The van der Waals surface area contributed by atoms with Crippen LogP contribution in [0, 0.1) is 0 Å². The van der Waals surface area contributed by atoms with Gasteiger partial charge < -0.3 is 4.57 Å². The molecule has 3 rings (SSSR count). The van der Waals surface area contributed by atoms with Crippen molar-refractivity contribution in [1.82, 2.24) is 4.57 Å². The van der Waals surface area contributed by atoms with E-state index in [2.05, 4.69) is 11.6 Å². The van der Waals surface area contributed by atoms with Crippen molar-refractivity contribution in [3.05, 3.63) is 71.0 Å². The number of alkyl halides is 3. The van der Waals surface area contributed by atoms with Gasteiger partial charge in [-0.25, -0.2) is 8.42 Å². The number of amides is 1. The molecule has 0 saturated heterocycles. The molecule has 0 atom stereocenters. The molecule has 0 aliphatic rings. The second-order valence-electron chi connectivity index (χ2n) is 6.18. The predicted molar refractivity (Wildman–Crippen MR) is 104 cm³/mol. The smallest absolute Gasteiger partial charge is 0.312 e. The first-order chi connectivity index (χ1) is 13.5. The molecule has 0 saturated carbocycles. The van der Waals surface area contributed by atoms with Crippen LogP contribution < -0.4 is 4.80 Å². The molecule has 10 heteroatoms. The molecular weight excluding hydrogens is 425 g/mol. The van der Waals surface area contributed by atoms with Crippen LogP contribution in [0.2, 0.25) is 0 Å². The number of hydrogen-bond acceptors (Lipinski definition) is 4. The molecule has 1 aromatic heterocycles. The summed E-state index contributed by atoms with van der Waals surface area (Å²) < 4.78 is 64.5. The van der Waals surface area contributed by atoms with Gasteiger partial charge in [0, 0.05) is 18.4 Å². The van der Waals surface area contributed by atoms with Crippen molar-refractivity contribution < 1.29 is 26.4 Å². The highest BCUT2D eigenvalue weighted by atomic mass is 32.2. The fraction of sp³-hybridized carbons (Fsp3) is 0.158. The van der Waals surface area contributed by atoms with Crippen molar-refractivity contribution >= 4 is 37.3 Å². The third kappa shape index (κ3) is 4.48. The van der Waals surface area contributed by atoms with E-state index in [1.807, 2.05) is 0 Å². The third-order valence-corrected chi connectivity index (χ3v) is 6.18. The van der Waals surface area contributed by atoms with Crippen molar-refractivity contribution in [2.24, 2.45) is 4.99 Å². The van der Waals surface area contributed by atoms with E-state index >= 15 is 0 Å². The lowest BCUT2D eigenvalue weighted by atomic mass is 10.1. The number of halogens is 3. The molecule has 0 fully saturated rings. The maximum Gasteiger partial charge on any atom is 0.416 e. The van der Waals surface area contributed by atoms with Gasteiger partial charge in [0.25, 0.3) is 5.91 Å². The number of carbonyl (C=O) groups is 1. The summed E-state index contributed by atoms with van der Waals surface area (Å²) in [6.45, 7) is 3.94. The molecule has 2 aromatic carbocycles. The SMILES string of the molecule is C=CCn1c(=NC(=O)c2cccc(C(F)(F)F)c2)sc2cc(S(C)(=O)=O)ccc21. The number of rotatable bonds is 4. The van der Waals surface area contributed by atoms with Gasteiger partial charge in [-0.1, -0.05) is 23.5 Å². The van der Waals surface area contributed by atoms with Gasteiger partial charge in [-0.3, -0.25) is 4.79 Å². The van der Waals surface area contributed by atoms with Crippen LogP contribution in [-0.2, 0) is 22.6 Å². The molecule has 0 aliphatic carbocycles. The Morgan fingerprint density at radius 2 is 1.97 bits per heavy atom. The highest BCUT2D eigenvalue weighted by Crippen LogP contribution is 2.29. The Labute approximate surface area is 168 Å². The fourth-order valence-electron chi connectivity index (χ4n) is 2.66. The largest absolute Gasteiger partial charge is 0.416 e. The Morgan fingerprint density at radius 3 is 2.59 bits per heavy atom. The molecule has 5 nitrogen and oxygen atoms in total. The van der Waals surface area contributed by atoms with Gasteiger partial charge in [-0.15, -0.1) is 6.58 Å². The molecule has 0 unspecified atom stereocenters. The standard InChI is InChI=1S/C19H15F3N2O3S2/c1-3-9-24-15-8-7-14(29(2,26)27)11-16(15)28-18(24)23-17(25)12-5-4-6-13(10-12)19(20,21)22/h3-8,10-11H,1,9H2,2H3. The van der Waals surface area contributed by atoms with E-state index in [1.165, 1.54) is 18.2 Å². The number of benzene rings is 2. The Balaban J connectivity index is 2.15. The number of nitrogens with zero attached hydrogens (tertiary/aromatic N) is 2. The van der Waals surface area contributed by atoms with Gasteiger partial charge in [-0.05, 0) is 36.4 Å². The third-order valence-electron chi connectivity index (χ3n) is 4.03. The second kappa shape index (κ2) is 7.60. The monoisotopic (exact) mass is 440 g/mol. The highest BCUT2D eigenvalue weighted by Gasteiger charge is 2.30. The van der Waals surface area contributed by atoms with Crippen LogP contribution in [0.4, 0.5) is 13.2 Å². The molecule has 152 valence electrons. The highest BCUT2D eigenvalue weighted by molar-refractivity contribution is 7.90. The Bertz CT molecular complexity index is 1290. The van der Waals surface area contributed by atoms with Crippen LogP contribution in [0.25, 0.3) is 10.2 Å². The van der Waals surface area contributed by atoms with Crippen molar-refractivity contribution in [2.75, 3.05) is 6.26 Å². The number of aromatic nitrogens is 1. The summed E-state index contributed by atoms with van der Waals surface area (Å²) in [5.74, 6) is -0.830. The zero-order valence-corrected chi connectivity index (χ0v) is 16.7. The molecule has 0 N–H and O–H groups in total. The van der Waals surface area contributed by atoms with Gasteiger partial charge in [0.05, 0.1) is 20.7 Å². The van der Waals surface area contributed by atoms with E-state index in [9.17, 15) is 26.4 Å². The first-order valence-electron chi connectivity index (χ1n) is 8.21. The summed E-state index contributed by atoms with van der Waals surface area (Å²) in [5.41, 5.74) is -0.496. The quantitative estimate of drug-likeness (QED) is 0.575. The van der Waals surface area contributed by atoms with Gasteiger partial charge >= 0.3 is 6.18 Å². The van der Waals surface area contributed by atoms with E-state index in [0.29, 0.717) is 10.2 Å². The summed E-state index contributed by atoms with van der Waals surface area (Å²) in [5, 5.41) is 0. The first-order valence-corrected chi connectivity index (χ1v) is 10.9. The van der Waals surface area contributed by atoms with Crippen LogP contribution in [0.15, 0.2) is 65.0 Å². The second-order valence-corrected chi connectivity index (χ2v) is 9.21. The first kappa shape index (κ1) is 21.0. The minimum absolute atomic E-state index is 0.118. The lowest BCUT2D eigenvalue weighted by Gasteiger charge is -2.06. The molecular formula is C19H15F3N2O3S2. The van der Waals surface area contributed by atoms with Crippen molar-refractivity contribution in [1.29, 1.82) is 0 Å². The summed E-state index contributed by atoms with van der Waals surface area (Å²) in [6, 6.07) is 8.55. The van der Waals surface area contributed by atoms with E-state index in [0.717, 1.165) is 35.8 Å². The molecule has 3 aromatic rings. The van der Waals surface area contributed by atoms with E-state index in [-0.39, 0.29) is 21.8 Å². The summed E-state index contributed by atoms with van der Waals surface area (Å²) >= 11 is 1.07. The van der Waals surface area contributed by atoms with E-state index in [4.69, 9.17) is 0 Å². The van der Waals surface area contributed by atoms with Gasteiger partial charge in [-0.2, -0.15) is 18.2 Å². The average Bonchev–Trinajstić information content (AvgIpc) is 2.97. The van der Waals surface area contributed by atoms with Crippen LogP contribution in [0.3, 0.4) is 0 Å². The fourth-order valence-corrected chi connectivity index (χ4v) is 4.45. The Morgan fingerprint density at radius 1 is 1.24 bits per heavy atom. The number of sulfone groups is 1. The van der Waals surface area contributed by atoms with Gasteiger partial charge in [0.2, 0.25) is 0 Å². The Hall–Kier alpha value is -2.72. The van der Waals surface area contributed by atoms with E-state index in [1.54, 1.807) is 16.7 Å². The summed E-state index contributed by atoms with van der Waals surface area (Å²) in [4.78, 5) is 16.8. The Kier molecular flexibility index (Phi) is 5.50. The zero-order chi connectivity index (χ0) is 21.4. The minimum atomic E-state index is -4.57. The van der Waals surface area contributed by atoms with Crippen LogP contribution in [0.1, 0.15) is 15.9 Å². The number of hydrogen-bond donors (Lipinski definition) is 0. The molecule has 1 heterocycles. The molecule has 1 amide bonds. The summed E-state index contributed by atoms with van der Waals surface area (Å²) in [7, 11) is -3.42. The lowest BCUT2D eigenvalue weighted by molar-refractivity contribution is -0.137. The molecule has 0 spiro atoms. The maximum atomic E-state index is 12.9. The average molecular weight is 440 g/mol. The van der Waals surface area contributed by atoms with Crippen LogP contribution >= 0.6 is 11.3 Å². The number of carbonyl (C=O) groups excluding carboxylic acids is 1. The lowest BCUT2D eigenvalue weighted by Crippen LogP contribution is -2.16. The number of thiazole rings is 1. The zero-order valence-electron chi connectivity index (χ0n) is 15.1. The number of allylic oxidation sites excluding steroid dienone is 1. The van der Waals surface area contributed by atoms with Crippen molar-refractivity contribution in [3.8, 4) is 0 Å². The molecule has 0 radical (unpaired) electrons. The van der Waals surface area contributed by atoms with Crippen LogP contribution in [0.5, 0.6) is 0 Å². The predicted octanol–water partition coefficient (Wildman–Crippen LogP) is 4.05. The molecule has 29 heavy (non-hydrogen) atoms. The summed E-state index contributed by atoms with van der Waals surface area (Å²) in [6.07, 6.45) is -1.91. The minimum Gasteiger partial charge on any atom is -0.312 e. The normalized spacial score (nSPS) is 13.0. The van der Waals surface area contributed by atoms with Crippen molar-refractivity contribution in [2.45, 2.75) is 17.6 Å². The van der Waals surface area contributed by atoms with Gasteiger partial charge in [0.15, 0.2) is 14.6 Å². The molecule has 0 aliphatic heterocycles. The topological polar surface area (TPSA) is 68.5 Å². The maximum absolute atomic E-state index is 12.9. The molecule has 0 bridgehead atoms. The van der Waals surface area contributed by atoms with Gasteiger partial charge in [0.1, 0.15) is 0 Å². The number of fused-ring (bicyclic) bond motifs is 1. The van der Waals surface area contributed by atoms with Crippen LogP contribution in [-0.4, -0.2) is 25.1 Å².